The molecule has 1 aromatic heterocycles. The first kappa shape index (κ1) is 17.4. The first-order chi connectivity index (χ1) is 12.6. The Morgan fingerprint density at radius 1 is 0.962 bits per heavy atom. The lowest BCUT2D eigenvalue weighted by molar-refractivity contribution is 0.101. The minimum absolute atomic E-state index is 0.0224. The van der Waals surface area contributed by atoms with E-state index < -0.39 is 0 Å². The van der Waals surface area contributed by atoms with Gasteiger partial charge in [0.1, 0.15) is 23.7 Å². The number of carbonyl (C=O) groups excluding carboxylic acids is 1. The van der Waals surface area contributed by atoms with Crippen LogP contribution in [0, 0.1) is 0 Å². The summed E-state index contributed by atoms with van der Waals surface area (Å²) >= 11 is 0. The molecule has 0 aliphatic heterocycles. The molecule has 0 fully saturated rings. The molecule has 3 aromatic rings. The number of Topliss-reactive ketones (excluding diaryl/α,β-unsaturated/α-hetero) is 1. The van der Waals surface area contributed by atoms with Gasteiger partial charge in [-0.2, -0.15) is 0 Å². The van der Waals surface area contributed by atoms with Crippen molar-refractivity contribution in [2.75, 3.05) is 17.2 Å². The Bertz CT molecular complexity index is 894. The van der Waals surface area contributed by atoms with E-state index in [1.54, 1.807) is 25.1 Å². The van der Waals surface area contributed by atoms with Gasteiger partial charge in [0.25, 0.3) is 0 Å². The molecular weight excluding hydrogens is 328 g/mol. The van der Waals surface area contributed by atoms with Gasteiger partial charge < -0.3 is 15.4 Å². The molecule has 0 saturated carbocycles. The molecule has 132 valence electrons. The average Bonchev–Trinajstić information content (AvgIpc) is 2.64. The molecule has 0 spiro atoms. The van der Waals surface area contributed by atoms with Crippen LogP contribution in [0.5, 0.6) is 5.75 Å². The van der Waals surface area contributed by atoms with Gasteiger partial charge in [-0.1, -0.05) is 12.1 Å². The van der Waals surface area contributed by atoms with E-state index in [4.69, 9.17) is 4.74 Å². The highest BCUT2D eigenvalue weighted by Gasteiger charge is 2.04. The van der Waals surface area contributed by atoms with E-state index in [1.165, 1.54) is 6.33 Å². The van der Waals surface area contributed by atoms with Crippen molar-refractivity contribution in [2.24, 2.45) is 0 Å². The quantitative estimate of drug-likeness (QED) is 0.609. The Hall–Kier alpha value is -3.41. The minimum Gasteiger partial charge on any atom is -0.494 e. The maximum atomic E-state index is 11.5. The summed E-state index contributed by atoms with van der Waals surface area (Å²) in [5.74, 6) is 2.14. The SMILES string of the molecule is CCOc1ccc(Nc2cc(Nc3cccc(C(C)=O)c3)ncn2)cc1. The molecule has 0 atom stereocenters. The van der Waals surface area contributed by atoms with Crippen LogP contribution in [-0.2, 0) is 0 Å². The van der Waals surface area contributed by atoms with Crippen LogP contribution in [0.25, 0.3) is 0 Å². The van der Waals surface area contributed by atoms with E-state index in [2.05, 4.69) is 20.6 Å². The number of hydrogen-bond acceptors (Lipinski definition) is 6. The van der Waals surface area contributed by atoms with E-state index in [0.29, 0.717) is 23.8 Å². The van der Waals surface area contributed by atoms with Crippen molar-refractivity contribution in [1.29, 1.82) is 0 Å². The molecule has 6 heteroatoms. The maximum absolute atomic E-state index is 11.5. The van der Waals surface area contributed by atoms with Gasteiger partial charge in [0, 0.05) is 23.0 Å². The molecule has 3 rings (SSSR count). The third-order valence-electron chi connectivity index (χ3n) is 3.65. The van der Waals surface area contributed by atoms with Gasteiger partial charge in [-0.3, -0.25) is 4.79 Å². The zero-order valence-corrected chi connectivity index (χ0v) is 14.7. The van der Waals surface area contributed by atoms with Crippen molar-refractivity contribution >= 4 is 28.8 Å². The number of ether oxygens (including phenoxy) is 1. The maximum Gasteiger partial charge on any atom is 0.159 e. The minimum atomic E-state index is 0.0224. The molecule has 1 heterocycles. The van der Waals surface area contributed by atoms with Gasteiger partial charge in [0.2, 0.25) is 0 Å². The Morgan fingerprint density at radius 3 is 2.31 bits per heavy atom. The van der Waals surface area contributed by atoms with Crippen LogP contribution in [0.3, 0.4) is 0 Å². The summed E-state index contributed by atoms with van der Waals surface area (Å²) in [6.45, 7) is 4.13. The average molecular weight is 348 g/mol. The third kappa shape index (κ3) is 4.57. The summed E-state index contributed by atoms with van der Waals surface area (Å²) in [7, 11) is 0. The summed E-state index contributed by atoms with van der Waals surface area (Å²) < 4.78 is 5.44. The predicted molar refractivity (Wildman–Crippen MR) is 103 cm³/mol. The number of carbonyl (C=O) groups is 1. The highest BCUT2D eigenvalue weighted by molar-refractivity contribution is 5.95. The number of aromatic nitrogens is 2. The van der Waals surface area contributed by atoms with E-state index >= 15 is 0 Å². The van der Waals surface area contributed by atoms with Gasteiger partial charge in [0.15, 0.2) is 5.78 Å². The van der Waals surface area contributed by atoms with Crippen molar-refractivity contribution in [2.45, 2.75) is 13.8 Å². The molecule has 0 amide bonds. The van der Waals surface area contributed by atoms with E-state index in [-0.39, 0.29) is 5.78 Å². The molecule has 0 aliphatic carbocycles. The van der Waals surface area contributed by atoms with Crippen LogP contribution >= 0.6 is 0 Å². The number of rotatable bonds is 7. The molecule has 6 nitrogen and oxygen atoms in total. The number of ketones is 1. The number of nitrogens with one attached hydrogen (secondary N) is 2. The molecule has 0 bridgehead atoms. The van der Waals surface area contributed by atoms with Crippen LogP contribution < -0.4 is 15.4 Å². The zero-order chi connectivity index (χ0) is 18.4. The fourth-order valence-electron chi connectivity index (χ4n) is 2.41. The van der Waals surface area contributed by atoms with Gasteiger partial charge in [-0.05, 0) is 50.2 Å². The van der Waals surface area contributed by atoms with Gasteiger partial charge in [-0.25, -0.2) is 9.97 Å². The Kier molecular flexibility index (Phi) is 5.43. The highest BCUT2D eigenvalue weighted by Crippen LogP contribution is 2.22. The number of hydrogen-bond donors (Lipinski definition) is 2. The predicted octanol–water partition coefficient (Wildman–Crippen LogP) is 4.57. The van der Waals surface area contributed by atoms with Gasteiger partial charge >= 0.3 is 0 Å². The van der Waals surface area contributed by atoms with Crippen molar-refractivity contribution in [3.05, 3.63) is 66.5 Å². The summed E-state index contributed by atoms with van der Waals surface area (Å²) in [6.07, 6.45) is 1.48. The highest BCUT2D eigenvalue weighted by atomic mass is 16.5. The fourth-order valence-corrected chi connectivity index (χ4v) is 2.41. The number of anilines is 4. The van der Waals surface area contributed by atoms with Gasteiger partial charge in [0.05, 0.1) is 6.61 Å². The topological polar surface area (TPSA) is 76.1 Å². The van der Waals surface area contributed by atoms with Crippen LogP contribution in [-0.4, -0.2) is 22.4 Å². The summed E-state index contributed by atoms with van der Waals surface area (Å²) in [4.78, 5) is 20.0. The second-order valence-electron chi connectivity index (χ2n) is 5.63. The lowest BCUT2D eigenvalue weighted by Crippen LogP contribution is -2.00. The van der Waals surface area contributed by atoms with Gasteiger partial charge in [-0.15, -0.1) is 0 Å². The van der Waals surface area contributed by atoms with E-state index in [9.17, 15) is 4.79 Å². The molecule has 2 N–H and O–H groups in total. The van der Waals surface area contributed by atoms with E-state index in [0.717, 1.165) is 17.1 Å². The molecule has 2 aromatic carbocycles. The second kappa shape index (κ2) is 8.11. The van der Waals surface area contributed by atoms with Crippen molar-refractivity contribution in [3.63, 3.8) is 0 Å². The van der Waals surface area contributed by atoms with Crippen molar-refractivity contribution in [1.82, 2.24) is 9.97 Å². The molecule has 0 aliphatic rings. The van der Waals surface area contributed by atoms with E-state index in [1.807, 2.05) is 43.3 Å². The van der Waals surface area contributed by atoms with Crippen LogP contribution in [0.15, 0.2) is 60.9 Å². The lowest BCUT2D eigenvalue weighted by Gasteiger charge is -2.10. The van der Waals surface area contributed by atoms with Crippen LogP contribution in [0.2, 0.25) is 0 Å². The van der Waals surface area contributed by atoms with Crippen LogP contribution in [0.1, 0.15) is 24.2 Å². The molecule has 0 radical (unpaired) electrons. The second-order valence-corrected chi connectivity index (χ2v) is 5.63. The van der Waals surface area contributed by atoms with Crippen LogP contribution in [0.4, 0.5) is 23.0 Å². The lowest BCUT2D eigenvalue weighted by atomic mass is 10.1. The first-order valence-electron chi connectivity index (χ1n) is 8.34. The molecule has 0 saturated heterocycles. The summed E-state index contributed by atoms with van der Waals surface area (Å²) in [5, 5.41) is 6.42. The summed E-state index contributed by atoms with van der Waals surface area (Å²) in [6, 6.07) is 16.8. The Balaban J connectivity index is 1.71. The first-order valence-corrected chi connectivity index (χ1v) is 8.34. The normalized spacial score (nSPS) is 10.2. The Labute approximate surface area is 152 Å². The third-order valence-corrected chi connectivity index (χ3v) is 3.65. The Morgan fingerprint density at radius 2 is 1.65 bits per heavy atom. The molecule has 26 heavy (non-hydrogen) atoms. The largest absolute Gasteiger partial charge is 0.494 e. The summed E-state index contributed by atoms with van der Waals surface area (Å²) in [5.41, 5.74) is 2.34. The molecule has 0 unspecified atom stereocenters. The smallest absolute Gasteiger partial charge is 0.159 e. The number of benzene rings is 2. The van der Waals surface area contributed by atoms with Crippen molar-refractivity contribution in [3.8, 4) is 5.75 Å². The zero-order valence-electron chi connectivity index (χ0n) is 14.7. The number of nitrogens with zero attached hydrogens (tertiary/aromatic N) is 2. The fraction of sp³-hybridized carbons (Fsp3) is 0.150. The van der Waals surface area contributed by atoms with Crippen molar-refractivity contribution < 1.29 is 9.53 Å². The standard InChI is InChI=1S/C20H20N4O2/c1-3-26-18-9-7-16(8-10-18)23-19-12-20(22-13-21-19)24-17-6-4-5-15(11-17)14(2)25/h4-13H,3H2,1-2H3,(H2,21,22,23,24). The monoisotopic (exact) mass is 348 g/mol. The molecular formula is C20H20N4O2.